The Kier molecular flexibility index (Phi) is 3.60. The normalized spacial score (nSPS) is 11.6. The lowest BCUT2D eigenvalue weighted by molar-refractivity contribution is -0.137. The Bertz CT molecular complexity index is 609. The first-order chi connectivity index (χ1) is 8.80. The first-order valence-corrected chi connectivity index (χ1v) is 5.77. The van der Waals surface area contributed by atoms with Crippen molar-refractivity contribution in [1.29, 1.82) is 0 Å². The smallest absolute Gasteiger partial charge is 0.418 e. The molecule has 0 aliphatic carbocycles. The molecule has 1 aromatic carbocycles. The predicted octanol–water partition coefficient (Wildman–Crippen LogP) is 4.78. The maximum Gasteiger partial charge on any atom is 0.418 e. The number of benzene rings is 1. The lowest BCUT2D eigenvalue weighted by atomic mass is 10.1. The van der Waals surface area contributed by atoms with Crippen LogP contribution in [0.4, 0.5) is 13.2 Å². The Hall–Kier alpha value is -1.46. The fourth-order valence-corrected chi connectivity index (χ4v) is 2.10. The van der Waals surface area contributed by atoms with Gasteiger partial charge in [-0.05, 0) is 18.2 Å². The van der Waals surface area contributed by atoms with E-state index in [-0.39, 0.29) is 21.3 Å². The van der Waals surface area contributed by atoms with Gasteiger partial charge in [-0.3, -0.25) is 4.98 Å². The molecule has 19 heavy (non-hydrogen) atoms. The topological polar surface area (TPSA) is 33.1 Å². The van der Waals surface area contributed by atoms with E-state index in [0.717, 1.165) is 0 Å². The third-order valence-electron chi connectivity index (χ3n) is 2.39. The molecule has 0 aliphatic heterocycles. The molecule has 0 bridgehead atoms. The van der Waals surface area contributed by atoms with Crippen LogP contribution >= 0.6 is 23.2 Å². The summed E-state index contributed by atoms with van der Waals surface area (Å²) in [5.41, 5.74) is -0.947. The average molecular weight is 308 g/mol. The van der Waals surface area contributed by atoms with Gasteiger partial charge in [0.2, 0.25) is 0 Å². The fourth-order valence-electron chi connectivity index (χ4n) is 1.52. The molecular formula is C12H6Cl2F3NO. The molecule has 7 heteroatoms. The van der Waals surface area contributed by atoms with Crippen molar-refractivity contribution in [2.24, 2.45) is 0 Å². The van der Waals surface area contributed by atoms with Crippen molar-refractivity contribution in [3.63, 3.8) is 0 Å². The lowest BCUT2D eigenvalue weighted by Crippen LogP contribution is -2.05. The highest BCUT2D eigenvalue weighted by Gasteiger charge is 2.32. The second-order valence-corrected chi connectivity index (χ2v) is 4.50. The quantitative estimate of drug-likeness (QED) is 0.822. The van der Waals surface area contributed by atoms with Crippen LogP contribution in [0.3, 0.4) is 0 Å². The van der Waals surface area contributed by atoms with E-state index >= 15 is 0 Å². The molecule has 0 saturated heterocycles. The summed E-state index contributed by atoms with van der Waals surface area (Å²) in [6, 6.07) is 5.17. The minimum absolute atomic E-state index is 0.0939. The second-order valence-electron chi connectivity index (χ2n) is 3.69. The van der Waals surface area contributed by atoms with Crippen LogP contribution < -0.4 is 0 Å². The molecule has 1 heterocycles. The van der Waals surface area contributed by atoms with Gasteiger partial charge in [0.15, 0.2) is 0 Å². The molecule has 0 fully saturated rings. The number of nitrogens with zero attached hydrogens (tertiary/aromatic N) is 1. The van der Waals surface area contributed by atoms with E-state index in [9.17, 15) is 18.3 Å². The van der Waals surface area contributed by atoms with Gasteiger partial charge in [-0.15, -0.1) is 0 Å². The van der Waals surface area contributed by atoms with E-state index in [0.29, 0.717) is 12.3 Å². The van der Waals surface area contributed by atoms with Crippen molar-refractivity contribution in [1.82, 2.24) is 4.98 Å². The Morgan fingerprint density at radius 1 is 1.11 bits per heavy atom. The van der Waals surface area contributed by atoms with Crippen LogP contribution in [0.2, 0.25) is 10.0 Å². The molecule has 2 aromatic rings. The van der Waals surface area contributed by atoms with E-state index < -0.39 is 17.5 Å². The molecule has 1 aromatic heterocycles. The molecule has 0 unspecified atom stereocenters. The maximum absolute atomic E-state index is 12.5. The number of alkyl halides is 3. The molecule has 2 rings (SSSR count). The molecule has 0 amide bonds. The fraction of sp³-hybridized carbons (Fsp3) is 0.0833. The number of aromatic hydroxyl groups is 1. The standard InChI is InChI=1S/C12H6Cl2F3NO/c13-7-2-1-3-8(14)10(7)11-9(19)4-6(5-18-11)12(15,16)17/h1-5,19H. The molecule has 0 radical (unpaired) electrons. The number of pyridine rings is 1. The van der Waals surface area contributed by atoms with Crippen molar-refractivity contribution >= 4 is 23.2 Å². The minimum atomic E-state index is -4.58. The summed E-state index contributed by atoms with van der Waals surface area (Å²) in [5.74, 6) is -0.634. The number of rotatable bonds is 1. The van der Waals surface area contributed by atoms with E-state index in [2.05, 4.69) is 4.98 Å². The SMILES string of the molecule is Oc1cc(C(F)(F)F)cnc1-c1c(Cl)cccc1Cl. The molecule has 0 atom stereocenters. The first kappa shape index (κ1) is 14.0. The van der Waals surface area contributed by atoms with Crippen LogP contribution in [-0.2, 0) is 6.18 Å². The van der Waals surface area contributed by atoms with Crippen molar-refractivity contribution < 1.29 is 18.3 Å². The van der Waals surface area contributed by atoms with Crippen molar-refractivity contribution in [2.45, 2.75) is 6.18 Å². The van der Waals surface area contributed by atoms with E-state index in [1.165, 1.54) is 12.1 Å². The first-order valence-electron chi connectivity index (χ1n) is 5.01. The summed E-state index contributed by atoms with van der Waals surface area (Å²) in [6.07, 6.45) is -3.96. The van der Waals surface area contributed by atoms with Gasteiger partial charge in [0.1, 0.15) is 11.4 Å². The molecule has 100 valence electrons. The van der Waals surface area contributed by atoms with Crippen molar-refractivity contribution in [3.05, 3.63) is 46.1 Å². The Morgan fingerprint density at radius 2 is 1.68 bits per heavy atom. The van der Waals surface area contributed by atoms with Gasteiger partial charge in [-0.25, -0.2) is 0 Å². The average Bonchev–Trinajstić information content (AvgIpc) is 2.29. The van der Waals surface area contributed by atoms with E-state index in [1.54, 1.807) is 6.07 Å². The molecule has 0 saturated carbocycles. The highest BCUT2D eigenvalue weighted by molar-refractivity contribution is 6.39. The van der Waals surface area contributed by atoms with Crippen LogP contribution in [0.5, 0.6) is 5.75 Å². The molecule has 1 N–H and O–H groups in total. The Labute approximate surface area is 116 Å². The van der Waals surface area contributed by atoms with Gasteiger partial charge in [0.05, 0.1) is 15.6 Å². The van der Waals surface area contributed by atoms with Gasteiger partial charge < -0.3 is 5.11 Å². The highest BCUT2D eigenvalue weighted by Crippen LogP contribution is 2.40. The summed E-state index contributed by atoms with van der Waals surface area (Å²) in [6.45, 7) is 0. The second kappa shape index (κ2) is 4.90. The maximum atomic E-state index is 12.5. The number of hydrogen-bond acceptors (Lipinski definition) is 2. The van der Waals surface area contributed by atoms with E-state index in [1.807, 2.05) is 0 Å². The van der Waals surface area contributed by atoms with Gasteiger partial charge in [-0.2, -0.15) is 13.2 Å². The van der Waals surface area contributed by atoms with Gasteiger partial charge in [0.25, 0.3) is 0 Å². The summed E-state index contributed by atoms with van der Waals surface area (Å²) >= 11 is 11.8. The summed E-state index contributed by atoms with van der Waals surface area (Å²) < 4.78 is 37.4. The summed E-state index contributed by atoms with van der Waals surface area (Å²) in [7, 11) is 0. The Morgan fingerprint density at radius 3 is 2.16 bits per heavy atom. The highest BCUT2D eigenvalue weighted by atomic mass is 35.5. The molecule has 0 aliphatic rings. The molecule has 0 spiro atoms. The van der Waals surface area contributed by atoms with Crippen LogP contribution in [0, 0.1) is 0 Å². The minimum Gasteiger partial charge on any atom is -0.506 e. The van der Waals surface area contributed by atoms with E-state index in [4.69, 9.17) is 23.2 Å². The van der Waals surface area contributed by atoms with Crippen molar-refractivity contribution in [3.8, 4) is 17.0 Å². The zero-order valence-electron chi connectivity index (χ0n) is 9.17. The zero-order valence-corrected chi connectivity index (χ0v) is 10.7. The lowest BCUT2D eigenvalue weighted by Gasteiger charge is -2.11. The van der Waals surface area contributed by atoms with Crippen LogP contribution in [0.1, 0.15) is 5.56 Å². The third kappa shape index (κ3) is 2.77. The third-order valence-corrected chi connectivity index (χ3v) is 3.02. The van der Waals surface area contributed by atoms with Crippen LogP contribution in [0.15, 0.2) is 30.5 Å². The van der Waals surface area contributed by atoms with Crippen LogP contribution in [0.25, 0.3) is 11.3 Å². The predicted molar refractivity (Wildman–Crippen MR) is 66.4 cm³/mol. The summed E-state index contributed by atoms with van der Waals surface area (Å²) in [4.78, 5) is 3.60. The largest absolute Gasteiger partial charge is 0.506 e. The summed E-state index contributed by atoms with van der Waals surface area (Å²) in [5, 5.41) is 10.1. The zero-order chi connectivity index (χ0) is 14.2. The van der Waals surface area contributed by atoms with Crippen molar-refractivity contribution in [2.75, 3.05) is 0 Å². The molecule has 2 nitrogen and oxygen atoms in total. The van der Waals surface area contributed by atoms with Gasteiger partial charge in [0, 0.05) is 11.8 Å². The number of hydrogen-bond donors (Lipinski definition) is 1. The van der Waals surface area contributed by atoms with Crippen LogP contribution in [-0.4, -0.2) is 10.1 Å². The van der Waals surface area contributed by atoms with Gasteiger partial charge in [-0.1, -0.05) is 29.3 Å². The molecular weight excluding hydrogens is 302 g/mol. The number of aromatic nitrogens is 1. The van der Waals surface area contributed by atoms with Gasteiger partial charge >= 0.3 is 6.18 Å². The number of halogens is 5. The monoisotopic (exact) mass is 307 g/mol. The Balaban J connectivity index is 2.59.